The summed E-state index contributed by atoms with van der Waals surface area (Å²) in [5.74, 6) is 0.539. The summed E-state index contributed by atoms with van der Waals surface area (Å²) in [5.41, 5.74) is 2.34. The molecule has 0 aliphatic heterocycles. The highest BCUT2D eigenvalue weighted by Gasteiger charge is 2.10. The Labute approximate surface area is 114 Å². The van der Waals surface area contributed by atoms with Gasteiger partial charge in [-0.2, -0.15) is 0 Å². The van der Waals surface area contributed by atoms with Crippen LogP contribution in [0.5, 0.6) is 5.75 Å². The molecule has 1 aromatic rings. The van der Waals surface area contributed by atoms with Gasteiger partial charge in [-0.1, -0.05) is 6.92 Å². The Hall–Kier alpha value is -1.84. The van der Waals surface area contributed by atoms with Gasteiger partial charge in [-0.15, -0.1) is 0 Å². The van der Waals surface area contributed by atoms with Gasteiger partial charge in [-0.25, -0.2) is 0 Å². The van der Waals surface area contributed by atoms with Crippen LogP contribution in [0.15, 0.2) is 12.1 Å². The zero-order valence-electron chi connectivity index (χ0n) is 11.9. The minimum Gasteiger partial charge on any atom is -0.483 e. The first kappa shape index (κ1) is 15.2. The fourth-order valence-electron chi connectivity index (χ4n) is 1.84. The summed E-state index contributed by atoms with van der Waals surface area (Å²) in [6, 6.07) is 3.65. The molecule has 0 bridgehead atoms. The molecular formula is C15H21NO3. The zero-order valence-corrected chi connectivity index (χ0v) is 11.9. The number of nitrogens with one attached hydrogen (secondary N) is 1. The van der Waals surface area contributed by atoms with Crippen LogP contribution in [0.1, 0.15) is 41.8 Å². The molecule has 19 heavy (non-hydrogen) atoms. The number of aldehydes is 1. The lowest BCUT2D eigenvalue weighted by molar-refractivity contribution is -0.123. The fraction of sp³-hybridized carbons (Fsp3) is 0.467. The van der Waals surface area contributed by atoms with Crippen LogP contribution in [-0.4, -0.2) is 24.8 Å². The van der Waals surface area contributed by atoms with Crippen molar-refractivity contribution < 1.29 is 14.3 Å². The first-order valence-corrected chi connectivity index (χ1v) is 6.46. The molecule has 0 unspecified atom stereocenters. The van der Waals surface area contributed by atoms with Gasteiger partial charge in [0.15, 0.2) is 6.61 Å². The lowest BCUT2D eigenvalue weighted by Crippen LogP contribution is -2.35. The van der Waals surface area contributed by atoms with Crippen molar-refractivity contribution in [1.82, 2.24) is 5.32 Å². The highest BCUT2D eigenvalue weighted by Crippen LogP contribution is 2.24. The normalized spacial score (nSPS) is 11.8. The minimum absolute atomic E-state index is 0.00748. The van der Waals surface area contributed by atoms with Gasteiger partial charge in [0.1, 0.15) is 12.0 Å². The van der Waals surface area contributed by atoms with Gasteiger partial charge in [-0.05, 0) is 50.5 Å². The van der Waals surface area contributed by atoms with E-state index in [1.807, 2.05) is 27.7 Å². The van der Waals surface area contributed by atoms with Gasteiger partial charge < -0.3 is 10.1 Å². The quantitative estimate of drug-likeness (QED) is 0.802. The van der Waals surface area contributed by atoms with E-state index in [0.29, 0.717) is 11.3 Å². The van der Waals surface area contributed by atoms with Gasteiger partial charge in [0.2, 0.25) is 0 Å². The average molecular weight is 263 g/mol. The van der Waals surface area contributed by atoms with Gasteiger partial charge in [0.05, 0.1) is 0 Å². The highest BCUT2D eigenvalue weighted by atomic mass is 16.5. The smallest absolute Gasteiger partial charge is 0.258 e. The average Bonchev–Trinajstić information content (AvgIpc) is 2.37. The second kappa shape index (κ2) is 6.92. The molecule has 4 nitrogen and oxygen atoms in total. The van der Waals surface area contributed by atoms with Crippen LogP contribution in [0.3, 0.4) is 0 Å². The number of rotatable bonds is 6. The molecule has 1 atom stereocenters. The monoisotopic (exact) mass is 263 g/mol. The number of carbonyl (C=O) groups is 2. The second-order valence-electron chi connectivity index (χ2n) is 4.77. The molecule has 0 aliphatic carbocycles. The first-order valence-electron chi connectivity index (χ1n) is 6.46. The summed E-state index contributed by atoms with van der Waals surface area (Å²) in [5, 5.41) is 2.84. The van der Waals surface area contributed by atoms with Crippen molar-refractivity contribution in [3.8, 4) is 5.75 Å². The van der Waals surface area contributed by atoms with Crippen LogP contribution in [0, 0.1) is 13.8 Å². The SMILES string of the molecule is CC[C@@H](C)NC(=O)COc1c(C)cc(C=O)cc1C. The third kappa shape index (κ3) is 4.39. The van der Waals surface area contributed by atoms with Crippen molar-refractivity contribution in [2.45, 2.75) is 40.2 Å². The highest BCUT2D eigenvalue weighted by molar-refractivity contribution is 5.78. The maximum Gasteiger partial charge on any atom is 0.258 e. The topological polar surface area (TPSA) is 55.4 Å². The molecule has 1 amide bonds. The molecule has 104 valence electrons. The summed E-state index contributed by atoms with van der Waals surface area (Å²) in [6.45, 7) is 7.68. The summed E-state index contributed by atoms with van der Waals surface area (Å²) in [6.07, 6.45) is 1.69. The fourth-order valence-corrected chi connectivity index (χ4v) is 1.84. The standard InChI is InChI=1S/C15H21NO3/c1-5-12(4)16-14(18)9-19-15-10(2)6-13(8-17)7-11(15)3/h6-8,12H,5,9H2,1-4H3,(H,16,18)/t12-/m1/s1. The van der Waals surface area contributed by atoms with Crippen molar-refractivity contribution in [3.05, 3.63) is 28.8 Å². The van der Waals surface area contributed by atoms with E-state index in [0.717, 1.165) is 23.8 Å². The predicted molar refractivity (Wildman–Crippen MR) is 74.7 cm³/mol. The summed E-state index contributed by atoms with van der Waals surface area (Å²) >= 11 is 0. The molecular weight excluding hydrogens is 242 g/mol. The third-order valence-electron chi connectivity index (χ3n) is 2.99. The van der Waals surface area contributed by atoms with Crippen molar-refractivity contribution in [2.24, 2.45) is 0 Å². The van der Waals surface area contributed by atoms with Crippen molar-refractivity contribution in [1.29, 1.82) is 0 Å². The predicted octanol–water partition coefficient (Wildman–Crippen LogP) is 2.41. The molecule has 1 N–H and O–H groups in total. The Balaban J connectivity index is 2.68. The first-order chi connectivity index (χ1) is 8.97. The van der Waals surface area contributed by atoms with E-state index in [9.17, 15) is 9.59 Å². The minimum atomic E-state index is -0.132. The molecule has 0 radical (unpaired) electrons. The number of benzene rings is 1. The number of hydrogen-bond acceptors (Lipinski definition) is 3. The lowest BCUT2D eigenvalue weighted by atomic mass is 10.1. The van der Waals surface area contributed by atoms with E-state index in [1.165, 1.54) is 0 Å². The molecule has 0 heterocycles. The van der Waals surface area contributed by atoms with Crippen LogP contribution in [0.2, 0.25) is 0 Å². The second-order valence-corrected chi connectivity index (χ2v) is 4.77. The summed E-state index contributed by atoms with van der Waals surface area (Å²) < 4.78 is 5.55. The van der Waals surface area contributed by atoms with E-state index < -0.39 is 0 Å². The number of aryl methyl sites for hydroxylation is 2. The Bertz CT molecular complexity index is 445. The van der Waals surface area contributed by atoms with E-state index in [4.69, 9.17) is 4.74 Å². The van der Waals surface area contributed by atoms with Crippen LogP contribution >= 0.6 is 0 Å². The zero-order chi connectivity index (χ0) is 14.4. The molecule has 1 aromatic carbocycles. The Morgan fingerprint density at radius 2 is 1.95 bits per heavy atom. The lowest BCUT2D eigenvalue weighted by Gasteiger charge is -2.15. The molecule has 4 heteroatoms. The van der Waals surface area contributed by atoms with Gasteiger partial charge in [0, 0.05) is 11.6 Å². The van der Waals surface area contributed by atoms with Crippen LogP contribution in [-0.2, 0) is 4.79 Å². The Morgan fingerprint density at radius 1 is 1.37 bits per heavy atom. The molecule has 0 aromatic heterocycles. The summed E-state index contributed by atoms with van der Waals surface area (Å²) in [7, 11) is 0. The summed E-state index contributed by atoms with van der Waals surface area (Å²) in [4.78, 5) is 22.4. The van der Waals surface area contributed by atoms with Crippen molar-refractivity contribution >= 4 is 12.2 Å². The number of carbonyl (C=O) groups excluding carboxylic acids is 2. The Morgan fingerprint density at radius 3 is 2.42 bits per heavy atom. The van der Waals surface area contributed by atoms with Crippen LogP contribution in [0.25, 0.3) is 0 Å². The third-order valence-corrected chi connectivity index (χ3v) is 2.99. The maximum atomic E-state index is 11.6. The molecule has 1 rings (SSSR count). The van der Waals surface area contributed by atoms with Crippen molar-refractivity contribution in [2.75, 3.05) is 6.61 Å². The molecule has 0 aliphatic rings. The van der Waals surface area contributed by atoms with E-state index in [-0.39, 0.29) is 18.6 Å². The van der Waals surface area contributed by atoms with Gasteiger partial charge in [-0.3, -0.25) is 9.59 Å². The van der Waals surface area contributed by atoms with Gasteiger partial charge >= 0.3 is 0 Å². The largest absolute Gasteiger partial charge is 0.483 e. The maximum absolute atomic E-state index is 11.6. The molecule has 0 spiro atoms. The van der Waals surface area contributed by atoms with Gasteiger partial charge in [0.25, 0.3) is 5.91 Å². The number of hydrogen-bond donors (Lipinski definition) is 1. The van der Waals surface area contributed by atoms with E-state index >= 15 is 0 Å². The molecule has 0 saturated carbocycles. The Kier molecular flexibility index (Phi) is 5.55. The van der Waals surface area contributed by atoms with E-state index in [1.54, 1.807) is 12.1 Å². The number of ether oxygens (including phenoxy) is 1. The van der Waals surface area contributed by atoms with Crippen LogP contribution < -0.4 is 10.1 Å². The molecule has 0 fully saturated rings. The van der Waals surface area contributed by atoms with Crippen LogP contribution in [0.4, 0.5) is 0 Å². The van der Waals surface area contributed by atoms with Crippen molar-refractivity contribution in [3.63, 3.8) is 0 Å². The molecule has 0 saturated heterocycles. The number of amides is 1. The van der Waals surface area contributed by atoms with E-state index in [2.05, 4.69) is 5.32 Å².